The van der Waals surface area contributed by atoms with E-state index in [4.69, 9.17) is 4.74 Å². The van der Waals surface area contributed by atoms with Gasteiger partial charge in [-0.25, -0.2) is 0 Å². The lowest BCUT2D eigenvalue weighted by Crippen LogP contribution is -2.33. The number of fused-ring (bicyclic) bond motifs is 1. The molecule has 114 valence electrons. The summed E-state index contributed by atoms with van der Waals surface area (Å²) < 4.78 is 5.85. The van der Waals surface area contributed by atoms with Crippen LogP contribution in [0.15, 0.2) is 36.4 Å². The summed E-state index contributed by atoms with van der Waals surface area (Å²) in [5.41, 5.74) is 5.61. The molecule has 3 nitrogen and oxygen atoms in total. The van der Waals surface area contributed by atoms with Crippen LogP contribution in [0.3, 0.4) is 0 Å². The van der Waals surface area contributed by atoms with Gasteiger partial charge in [0.15, 0.2) is 6.61 Å². The highest BCUT2D eigenvalue weighted by Gasteiger charge is 2.24. The van der Waals surface area contributed by atoms with E-state index in [-0.39, 0.29) is 12.5 Å². The molecule has 0 aromatic heterocycles. The number of hydrogen-bond acceptors (Lipinski definition) is 2. The largest absolute Gasteiger partial charge is 0.483 e. The number of para-hydroxylation sites is 1. The maximum absolute atomic E-state index is 12.5. The molecule has 0 aliphatic carbocycles. The van der Waals surface area contributed by atoms with Crippen molar-refractivity contribution in [3.05, 3.63) is 58.7 Å². The van der Waals surface area contributed by atoms with Gasteiger partial charge in [0.1, 0.15) is 5.75 Å². The third kappa shape index (κ3) is 2.59. The van der Waals surface area contributed by atoms with Crippen molar-refractivity contribution in [3.8, 4) is 5.75 Å². The second kappa shape index (κ2) is 5.84. The smallest absolute Gasteiger partial charge is 0.264 e. The Morgan fingerprint density at radius 2 is 1.82 bits per heavy atom. The molecule has 0 atom stereocenters. The lowest BCUT2D eigenvalue weighted by molar-refractivity contribution is -0.120. The summed E-state index contributed by atoms with van der Waals surface area (Å²) in [4.78, 5) is 14.3. The molecule has 2 aromatic carbocycles. The van der Waals surface area contributed by atoms with Crippen LogP contribution in [0.25, 0.3) is 0 Å². The minimum Gasteiger partial charge on any atom is -0.483 e. The van der Waals surface area contributed by atoms with Crippen LogP contribution < -0.4 is 9.64 Å². The second-order valence-electron chi connectivity index (χ2n) is 5.87. The van der Waals surface area contributed by atoms with Gasteiger partial charge < -0.3 is 9.64 Å². The number of benzene rings is 2. The molecule has 1 amide bonds. The molecule has 1 heterocycles. The van der Waals surface area contributed by atoms with Crippen molar-refractivity contribution in [1.82, 2.24) is 0 Å². The number of hydrogen-bond donors (Lipinski definition) is 0. The van der Waals surface area contributed by atoms with E-state index in [0.717, 1.165) is 35.5 Å². The minimum atomic E-state index is 0.0188. The van der Waals surface area contributed by atoms with Crippen LogP contribution in [0.4, 0.5) is 5.69 Å². The summed E-state index contributed by atoms with van der Waals surface area (Å²) in [5, 5.41) is 0. The Morgan fingerprint density at radius 1 is 1.09 bits per heavy atom. The fourth-order valence-corrected chi connectivity index (χ4v) is 2.96. The quantitative estimate of drug-likeness (QED) is 0.866. The van der Waals surface area contributed by atoms with Crippen molar-refractivity contribution in [2.75, 3.05) is 18.1 Å². The van der Waals surface area contributed by atoms with E-state index in [2.05, 4.69) is 19.1 Å². The van der Waals surface area contributed by atoms with Gasteiger partial charge in [0.25, 0.3) is 5.91 Å². The zero-order chi connectivity index (χ0) is 15.7. The van der Waals surface area contributed by atoms with Gasteiger partial charge in [0.05, 0.1) is 0 Å². The van der Waals surface area contributed by atoms with E-state index in [0.29, 0.717) is 0 Å². The van der Waals surface area contributed by atoms with E-state index < -0.39 is 0 Å². The summed E-state index contributed by atoms with van der Waals surface area (Å²) >= 11 is 0. The highest BCUT2D eigenvalue weighted by molar-refractivity contribution is 5.96. The third-order valence-electron chi connectivity index (χ3n) is 4.40. The monoisotopic (exact) mass is 295 g/mol. The van der Waals surface area contributed by atoms with Crippen LogP contribution in [0.5, 0.6) is 5.75 Å². The first kappa shape index (κ1) is 14.6. The maximum atomic E-state index is 12.5. The van der Waals surface area contributed by atoms with Crippen molar-refractivity contribution in [2.24, 2.45) is 0 Å². The number of nitrogens with zero attached hydrogens (tertiary/aromatic N) is 1. The van der Waals surface area contributed by atoms with Crippen LogP contribution in [0, 0.1) is 20.8 Å². The first-order valence-corrected chi connectivity index (χ1v) is 7.66. The maximum Gasteiger partial charge on any atom is 0.264 e. The fourth-order valence-electron chi connectivity index (χ4n) is 2.96. The Kier molecular flexibility index (Phi) is 3.88. The molecule has 0 bridgehead atoms. The van der Waals surface area contributed by atoms with Crippen LogP contribution in [-0.4, -0.2) is 19.1 Å². The lowest BCUT2D eigenvalue weighted by Gasteiger charge is -2.19. The van der Waals surface area contributed by atoms with Crippen LogP contribution in [0.1, 0.15) is 22.3 Å². The van der Waals surface area contributed by atoms with Gasteiger partial charge >= 0.3 is 0 Å². The Morgan fingerprint density at radius 3 is 2.64 bits per heavy atom. The fraction of sp³-hybridized carbons (Fsp3) is 0.316. The Bertz CT molecular complexity index is 721. The molecular formula is C19H21NO2. The second-order valence-corrected chi connectivity index (χ2v) is 5.87. The zero-order valence-corrected chi connectivity index (χ0v) is 13.3. The molecule has 0 saturated carbocycles. The Labute approximate surface area is 131 Å². The predicted octanol–water partition coefficient (Wildman–Crippen LogP) is 3.58. The summed E-state index contributed by atoms with van der Waals surface area (Å²) in [6.45, 7) is 6.93. The molecular weight excluding hydrogens is 274 g/mol. The number of rotatable bonds is 3. The molecule has 3 rings (SSSR count). The van der Waals surface area contributed by atoms with Gasteiger partial charge in [-0.1, -0.05) is 30.3 Å². The highest BCUT2D eigenvalue weighted by Crippen LogP contribution is 2.29. The Hall–Kier alpha value is -2.29. The molecule has 0 unspecified atom stereocenters. The molecule has 0 radical (unpaired) electrons. The van der Waals surface area contributed by atoms with Gasteiger partial charge in [0.2, 0.25) is 0 Å². The average molecular weight is 295 g/mol. The molecule has 22 heavy (non-hydrogen) atoms. The van der Waals surface area contributed by atoms with Crippen molar-refractivity contribution in [2.45, 2.75) is 27.2 Å². The molecule has 0 N–H and O–H groups in total. The van der Waals surface area contributed by atoms with Gasteiger partial charge in [-0.3, -0.25) is 4.79 Å². The third-order valence-corrected chi connectivity index (χ3v) is 4.40. The van der Waals surface area contributed by atoms with Crippen molar-refractivity contribution >= 4 is 11.6 Å². The summed E-state index contributed by atoms with van der Waals surface area (Å²) in [5.74, 6) is 0.853. The molecule has 0 saturated heterocycles. The van der Waals surface area contributed by atoms with Crippen LogP contribution in [-0.2, 0) is 11.2 Å². The first-order chi connectivity index (χ1) is 10.6. The standard InChI is InChI=1S/C19H21NO2/c1-13-8-9-14(2)19(15(13)3)22-12-18(21)20-11-10-16-6-4-5-7-17(16)20/h4-9H,10-12H2,1-3H3. The normalized spacial score (nSPS) is 13.1. The first-order valence-electron chi connectivity index (χ1n) is 7.66. The average Bonchev–Trinajstić information content (AvgIpc) is 2.95. The summed E-state index contributed by atoms with van der Waals surface area (Å²) in [6, 6.07) is 12.2. The predicted molar refractivity (Wildman–Crippen MR) is 88.6 cm³/mol. The van der Waals surface area contributed by atoms with E-state index in [1.165, 1.54) is 11.1 Å². The van der Waals surface area contributed by atoms with E-state index >= 15 is 0 Å². The molecule has 1 aliphatic rings. The van der Waals surface area contributed by atoms with Crippen LogP contribution >= 0.6 is 0 Å². The van der Waals surface area contributed by atoms with Gasteiger partial charge in [0, 0.05) is 12.2 Å². The number of amides is 1. The van der Waals surface area contributed by atoms with Crippen molar-refractivity contribution < 1.29 is 9.53 Å². The Balaban J connectivity index is 1.73. The zero-order valence-electron chi connectivity index (χ0n) is 13.3. The van der Waals surface area contributed by atoms with Crippen molar-refractivity contribution in [1.29, 1.82) is 0 Å². The number of ether oxygens (including phenoxy) is 1. The molecule has 0 fully saturated rings. The number of anilines is 1. The van der Waals surface area contributed by atoms with E-state index in [1.807, 2.05) is 43.0 Å². The number of aryl methyl sites for hydroxylation is 2. The minimum absolute atomic E-state index is 0.0188. The number of carbonyl (C=O) groups excluding carboxylic acids is 1. The topological polar surface area (TPSA) is 29.5 Å². The molecule has 2 aromatic rings. The number of carbonyl (C=O) groups is 1. The SMILES string of the molecule is Cc1ccc(C)c(OCC(=O)N2CCc3ccccc32)c1C. The van der Waals surface area contributed by atoms with Gasteiger partial charge in [-0.15, -0.1) is 0 Å². The van der Waals surface area contributed by atoms with Crippen molar-refractivity contribution in [3.63, 3.8) is 0 Å². The van der Waals surface area contributed by atoms with Gasteiger partial charge in [-0.05, 0) is 55.5 Å². The molecule has 0 spiro atoms. The van der Waals surface area contributed by atoms with E-state index in [1.54, 1.807) is 0 Å². The van der Waals surface area contributed by atoms with E-state index in [9.17, 15) is 4.79 Å². The lowest BCUT2D eigenvalue weighted by atomic mass is 10.1. The molecule has 3 heteroatoms. The van der Waals surface area contributed by atoms with Gasteiger partial charge in [-0.2, -0.15) is 0 Å². The summed E-state index contributed by atoms with van der Waals surface area (Å²) in [6.07, 6.45) is 0.921. The molecule has 1 aliphatic heterocycles. The highest BCUT2D eigenvalue weighted by atomic mass is 16.5. The van der Waals surface area contributed by atoms with Crippen LogP contribution in [0.2, 0.25) is 0 Å². The summed E-state index contributed by atoms with van der Waals surface area (Å²) in [7, 11) is 0.